The van der Waals surface area contributed by atoms with E-state index >= 15 is 0 Å². The molecule has 0 spiro atoms. The van der Waals surface area contributed by atoms with Gasteiger partial charge in [0.25, 0.3) is 5.56 Å². The first-order valence-electron chi connectivity index (χ1n) is 9.73. The van der Waals surface area contributed by atoms with Crippen molar-refractivity contribution in [2.75, 3.05) is 18.0 Å². The lowest BCUT2D eigenvalue weighted by molar-refractivity contribution is 0.438. The van der Waals surface area contributed by atoms with Crippen molar-refractivity contribution in [3.05, 3.63) is 77.6 Å². The maximum Gasteiger partial charge on any atom is 0.302 e. The molecule has 1 aliphatic heterocycles. The van der Waals surface area contributed by atoms with Crippen molar-refractivity contribution in [3.8, 4) is 11.8 Å². The summed E-state index contributed by atoms with van der Waals surface area (Å²) in [5, 5.41) is 4.93. The molecule has 4 heterocycles. The van der Waals surface area contributed by atoms with Crippen LogP contribution in [0.2, 0.25) is 0 Å². The lowest BCUT2D eigenvalue weighted by Gasteiger charge is -2.19. The van der Waals surface area contributed by atoms with Gasteiger partial charge in [-0.15, -0.1) is 0 Å². The van der Waals surface area contributed by atoms with E-state index in [0.29, 0.717) is 16.7 Å². The summed E-state index contributed by atoms with van der Waals surface area (Å²) in [5.41, 5.74) is 2.52. The average Bonchev–Trinajstić information content (AvgIpc) is 3.44. The van der Waals surface area contributed by atoms with E-state index in [0.717, 1.165) is 25.1 Å². The number of anilines is 1. The van der Waals surface area contributed by atoms with E-state index in [-0.39, 0.29) is 17.6 Å². The number of rotatable bonds is 5. The summed E-state index contributed by atoms with van der Waals surface area (Å²) in [4.78, 5) is 25.5. The molecule has 5 rings (SSSR count). The Bertz CT molecular complexity index is 1260. The Kier molecular flexibility index (Phi) is 4.51. The van der Waals surface area contributed by atoms with Crippen LogP contribution in [0, 0.1) is 0 Å². The van der Waals surface area contributed by atoms with Crippen LogP contribution in [0.4, 0.5) is 5.69 Å². The van der Waals surface area contributed by atoms with Crippen LogP contribution in [0.15, 0.2) is 66.5 Å². The highest BCUT2D eigenvalue weighted by Crippen LogP contribution is 2.28. The molecule has 8 heteroatoms. The number of ether oxygens (including phenoxy) is 1. The molecule has 1 aliphatic rings. The van der Waals surface area contributed by atoms with Crippen molar-refractivity contribution in [2.24, 2.45) is 0 Å². The molecule has 0 bridgehead atoms. The molecule has 1 aromatic carbocycles. The van der Waals surface area contributed by atoms with Crippen LogP contribution >= 0.6 is 0 Å². The quantitative estimate of drug-likeness (QED) is 0.552. The zero-order valence-corrected chi connectivity index (χ0v) is 16.2. The number of nitrogens with zero attached hydrogens (tertiary/aromatic N) is 5. The molecular weight excluding hydrogens is 380 g/mol. The number of hydrogen-bond donors (Lipinski definition) is 1. The highest BCUT2D eigenvalue weighted by atomic mass is 16.5. The first-order valence-corrected chi connectivity index (χ1v) is 9.73. The summed E-state index contributed by atoms with van der Waals surface area (Å²) < 4.78 is 7.65. The molecule has 0 amide bonds. The molecule has 3 aromatic heterocycles. The van der Waals surface area contributed by atoms with Gasteiger partial charge in [0.2, 0.25) is 0 Å². The summed E-state index contributed by atoms with van der Waals surface area (Å²) in [6.45, 7) is 5.62. The smallest absolute Gasteiger partial charge is 0.302 e. The van der Waals surface area contributed by atoms with Gasteiger partial charge in [0, 0.05) is 25.0 Å². The van der Waals surface area contributed by atoms with Gasteiger partial charge in [-0.05, 0) is 30.2 Å². The molecule has 0 radical (unpaired) electrons. The van der Waals surface area contributed by atoms with Gasteiger partial charge in [0.05, 0.1) is 35.5 Å². The van der Waals surface area contributed by atoms with E-state index in [1.54, 1.807) is 18.5 Å². The highest BCUT2D eigenvalue weighted by molar-refractivity contribution is 5.76. The molecule has 1 N–H and O–H groups in total. The molecule has 150 valence electrons. The van der Waals surface area contributed by atoms with Gasteiger partial charge in [0.1, 0.15) is 0 Å². The zero-order valence-electron chi connectivity index (χ0n) is 16.2. The summed E-state index contributed by atoms with van der Waals surface area (Å²) in [6, 6.07) is 10.4. The molecule has 0 saturated carbocycles. The maximum atomic E-state index is 12.2. The summed E-state index contributed by atoms with van der Waals surface area (Å²) >= 11 is 0. The van der Waals surface area contributed by atoms with Crippen molar-refractivity contribution < 1.29 is 4.74 Å². The number of hydrogen-bond acceptors (Lipinski definition) is 6. The van der Waals surface area contributed by atoms with Gasteiger partial charge < -0.3 is 9.64 Å². The Balaban J connectivity index is 1.30. The van der Waals surface area contributed by atoms with E-state index in [1.165, 1.54) is 11.9 Å². The van der Waals surface area contributed by atoms with Crippen LogP contribution in [-0.4, -0.2) is 37.8 Å². The number of aromatic amines is 1. The fourth-order valence-electron chi connectivity index (χ4n) is 3.72. The summed E-state index contributed by atoms with van der Waals surface area (Å²) in [5.74, 6) is 0.523. The standard InChI is InChI=1S/C22H20N6O2/c1-2-15-3-5-16(6-4-15)27-10-8-17(13-27)28-14-18(11-24-28)30-22-25-20-12-23-9-7-19(20)21(29)26-22/h2-7,9,11-12,14,17H,1,8,10,13H2,(H,25,26,29)/t17-/m0/s1. The molecule has 30 heavy (non-hydrogen) atoms. The van der Waals surface area contributed by atoms with Crippen LogP contribution in [0.5, 0.6) is 11.8 Å². The normalized spacial score (nSPS) is 16.1. The predicted molar refractivity (Wildman–Crippen MR) is 115 cm³/mol. The molecule has 1 saturated heterocycles. The Morgan fingerprint density at radius 2 is 2.07 bits per heavy atom. The molecule has 0 aliphatic carbocycles. The van der Waals surface area contributed by atoms with Gasteiger partial charge >= 0.3 is 6.01 Å². The average molecular weight is 400 g/mol. The Morgan fingerprint density at radius 3 is 2.90 bits per heavy atom. The van der Waals surface area contributed by atoms with Gasteiger partial charge in [-0.3, -0.25) is 19.4 Å². The van der Waals surface area contributed by atoms with Crippen molar-refractivity contribution in [1.82, 2.24) is 24.7 Å². The monoisotopic (exact) mass is 400 g/mol. The van der Waals surface area contributed by atoms with E-state index in [9.17, 15) is 4.79 Å². The Labute approximate surface area is 172 Å². The maximum absolute atomic E-state index is 12.2. The minimum absolute atomic E-state index is 0.121. The molecule has 4 aromatic rings. The number of fused-ring (bicyclic) bond motifs is 1. The van der Waals surface area contributed by atoms with Crippen LogP contribution < -0.4 is 15.2 Å². The van der Waals surface area contributed by atoms with E-state index in [4.69, 9.17) is 4.74 Å². The second kappa shape index (κ2) is 7.47. The van der Waals surface area contributed by atoms with E-state index < -0.39 is 0 Å². The van der Waals surface area contributed by atoms with Crippen molar-refractivity contribution >= 4 is 22.7 Å². The molecular formula is C22H20N6O2. The molecule has 1 fully saturated rings. The fourth-order valence-corrected chi connectivity index (χ4v) is 3.72. The first-order chi connectivity index (χ1) is 14.7. The summed E-state index contributed by atoms with van der Waals surface area (Å²) in [6.07, 6.45) is 9.40. The second-order valence-electron chi connectivity index (χ2n) is 7.21. The van der Waals surface area contributed by atoms with Gasteiger partial charge in [-0.2, -0.15) is 10.1 Å². The van der Waals surface area contributed by atoms with Crippen molar-refractivity contribution in [2.45, 2.75) is 12.5 Å². The minimum atomic E-state index is -0.265. The Morgan fingerprint density at radius 1 is 1.20 bits per heavy atom. The van der Waals surface area contributed by atoms with Crippen molar-refractivity contribution in [3.63, 3.8) is 0 Å². The second-order valence-corrected chi connectivity index (χ2v) is 7.21. The molecule has 0 unspecified atom stereocenters. The fraction of sp³-hybridized carbons (Fsp3) is 0.182. The largest absolute Gasteiger partial charge is 0.422 e. The van der Waals surface area contributed by atoms with Crippen LogP contribution in [0.3, 0.4) is 0 Å². The lowest BCUT2D eigenvalue weighted by Crippen LogP contribution is -2.20. The SMILES string of the molecule is C=Cc1ccc(N2CC[C@H](n3cc(Oc4nc5cnccc5c(=O)[nH]4)cn3)C2)cc1. The van der Waals surface area contributed by atoms with Gasteiger partial charge in [-0.1, -0.05) is 24.8 Å². The number of nitrogens with one attached hydrogen (secondary N) is 1. The van der Waals surface area contributed by atoms with Crippen LogP contribution in [0.25, 0.3) is 17.0 Å². The zero-order chi connectivity index (χ0) is 20.5. The number of benzene rings is 1. The third-order valence-electron chi connectivity index (χ3n) is 5.31. The lowest BCUT2D eigenvalue weighted by atomic mass is 10.2. The first kappa shape index (κ1) is 18.1. The van der Waals surface area contributed by atoms with Crippen molar-refractivity contribution in [1.29, 1.82) is 0 Å². The third-order valence-corrected chi connectivity index (χ3v) is 5.31. The van der Waals surface area contributed by atoms with Gasteiger partial charge in [-0.25, -0.2) is 0 Å². The summed E-state index contributed by atoms with van der Waals surface area (Å²) in [7, 11) is 0. The third kappa shape index (κ3) is 3.43. The van der Waals surface area contributed by atoms with E-state index in [2.05, 4.69) is 55.8 Å². The molecule has 8 nitrogen and oxygen atoms in total. The van der Waals surface area contributed by atoms with E-state index in [1.807, 2.05) is 17.0 Å². The number of H-pyrrole nitrogens is 1. The Hall–Kier alpha value is -3.94. The predicted octanol–water partition coefficient (Wildman–Crippen LogP) is 3.40. The number of aromatic nitrogens is 5. The highest BCUT2D eigenvalue weighted by Gasteiger charge is 2.25. The minimum Gasteiger partial charge on any atom is -0.422 e. The van der Waals surface area contributed by atoms with Crippen LogP contribution in [0.1, 0.15) is 18.0 Å². The van der Waals surface area contributed by atoms with Crippen LogP contribution in [-0.2, 0) is 0 Å². The number of pyridine rings is 1. The van der Waals surface area contributed by atoms with Gasteiger partial charge in [0.15, 0.2) is 5.75 Å². The molecule has 1 atom stereocenters. The topological polar surface area (TPSA) is 88.9 Å².